The number of rotatable bonds is 2. The van der Waals surface area contributed by atoms with Crippen LogP contribution in [0.5, 0.6) is 0 Å². The molecular formula is C16H19N3O. The Hall–Kier alpha value is -1.81. The van der Waals surface area contributed by atoms with E-state index in [0.717, 1.165) is 37.8 Å². The maximum absolute atomic E-state index is 5.53. The Balaban J connectivity index is 1.61. The van der Waals surface area contributed by atoms with Crippen LogP contribution in [0.2, 0.25) is 0 Å². The molecule has 2 aromatic rings. The molecule has 104 valence electrons. The van der Waals surface area contributed by atoms with Gasteiger partial charge in [0.1, 0.15) is 5.69 Å². The topological polar surface area (TPSA) is 41.3 Å². The molecule has 0 atom stereocenters. The highest BCUT2D eigenvalue weighted by Gasteiger charge is 2.17. The first-order valence-corrected chi connectivity index (χ1v) is 7.45. The zero-order valence-corrected chi connectivity index (χ0v) is 11.6. The summed E-state index contributed by atoms with van der Waals surface area (Å²) in [6.45, 7) is 3.99. The maximum atomic E-state index is 5.53. The van der Waals surface area contributed by atoms with Gasteiger partial charge in [0.05, 0.1) is 0 Å². The fourth-order valence-electron chi connectivity index (χ4n) is 3.17. The van der Waals surface area contributed by atoms with Crippen molar-refractivity contribution in [3.05, 3.63) is 35.4 Å². The van der Waals surface area contributed by atoms with E-state index in [1.807, 2.05) is 0 Å². The van der Waals surface area contributed by atoms with Crippen molar-refractivity contribution in [2.45, 2.75) is 19.3 Å². The normalized spacial score (nSPS) is 18.3. The lowest BCUT2D eigenvalue weighted by molar-refractivity contribution is 0.409. The summed E-state index contributed by atoms with van der Waals surface area (Å²) in [6.07, 6.45) is 3.70. The van der Waals surface area contributed by atoms with Gasteiger partial charge in [0.2, 0.25) is 5.88 Å². The molecule has 1 N–H and O–H groups in total. The summed E-state index contributed by atoms with van der Waals surface area (Å²) in [5.74, 6) is 0.891. The second kappa shape index (κ2) is 4.94. The van der Waals surface area contributed by atoms with E-state index in [2.05, 4.69) is 39.6 Å². The molecule has 4 nitrogen and oxygen atoms in total. The fourth-order valence-corrected chi connectivity index (χ4v) is 3.17. The third kappa shape index (κ3) is 2.10. The van der Waals surface area contributed by atoms with Gasteiger partial charge in [-0.25, -0.2) is 0 Å². The van der Waals surface area contributed by atoms with E-state index in [0.29, 0.717) is 0 Å². The molecular weight excluding hydrogens is 250 g/mol. The fraction of sp³-hybridized carbons (Fsp3) is 0.438. The van der Waals surface area contributed by atoms with Crippen molar-refractivity contribution < 1.29 is 4.52 Å². The standard InChI is InChI=1S/C16H19N3O/c1-2-12-4-5-14(10-13(12)3-1)15-11-16(20-18-15)19-8-6-17-7-9-19/h4-5,10-11,17H,1-3,6-9H2. The van der Waals surface area contributed by atoms with E-state index in [1.165, 1.54) is 36.0 Å². The molecule has 0 amide bonds. The summed E-state index contributed by atoms with van der Waals surface area (Å²) >= 11 is 0. The molecule has 1 aromatic heterocycles. The van der Waals surface area contributed by atoms with Gasteiger partial charge < -0.3 is 14.7 Å². The molecule has 1 saturated heterocycles. The van der Waals surface area contributed by atoms with Crippen LogP contribution in [0.25, 0.3) is 11.3 Å². The van der Waals surface area contributed by atoms with Crippen molar-refractivity contribution in [2.24, 2.45) is 0 Å². The lowest BCUT2D eigenvalue weighted by Crippen LogP contribution is -2.43. The molecule has 1 aliphatic carbocycles. The van der Waals surface area contributed by atoms with E-state index in [-0.39, 0.29) is 0 Å². The summed E-state index contributed by atoms with van der Waals surface area (Å²) in [5, 5.41) is 7.60. The van der Waals surface area contributed by atoms with Crippen LogP contribution in [0.3, 0.4) is 0 Å². The van der Waals surface area contributed by atoms with Crippen LogP contribution < -0.4 is 10.2 Å². The number of aromatic nitrogens is 1. The van der Waals surface area contributed by atoms with Gasteiger partial charge in [0.25, 0.3) is 0 Å². The average molecular weight is 269 g/mol. The van der Waals surface area contributed by atoms with Gasteiger partial charge >= 0.3 is 0 Å². The van der Waals surface area contributed by atoms with Gasteiger partial charge in [-0.05, 0) is 36.5 Å². The second-order valence-corrected chi connectivity index (χ2v) is 5.62. The summed E-state index contributed by atoms with van der Waals surface area (Å²) in [7, 11) is 0. The molecule has 2 heterocycles. The van der Waals surface area contributed by atoms with Gasteiger partial charge in [0.15, 0.2) is 0 Å². The zero-order chi connectivity index (χ0) is 13.4. The number of nitrogens with zero attached hydrogens (tertiary/aromatic N) is 2. The molecule has 0 saturated carbocycles. The zero-order valence-electron chi connectivity index (χ0n) is 11.6. The van der Waals surface area contributed by atoms with E-state index in [1.54, 1.807) is 0 Å². The minimum absolute atomic E-state index is 0.891. The molecule has 2 aliphatic rings. The molecule has 4 rings (SSSR count). The molecule has 20 heavy (non-hydrogen) atoms. The summed E-state index contributed by atoms with van der Waals surface area (Å²) in [4.78, 5) is 2.25. The van der Waals surface area contributed by atoms with Gasteiger partial charge in [0, 0.05) is 37.8 Å². The number of piperazine rings is 1. The lowest BCUT2D eigenvalue weighted by atomic mass is 10.0. The van der Waals surface area contributed by atoms with Crippen molar-refractivity contribution in [3.63, 3.8) is 0 Å². The van der Waals surface area contributed by atoms with Crippen LogP contribution in [0, 0.1) is 0 Å². The number of anilines is 1. The predicted octanol–water partition coefficient (Wildman–Crippen LogP) is 2.24. The Morgan fingerprint density at radius 2 is 1.90 bits per heavy atom. The summed E-state index contributed by atoms with van der Waals surface area (Å²) in [5.41, 5.74) is 5.11. The molecule has 1 aromatic carbocycles. The Morgan fingerprint density at radius 3 is 2.80 bits per heavy atom. The van der Waals surface area contributed by atoms with Crippen LogP contribution >= 0.6 is 0 Å². The van der Waals surface area contributed by atoms with Gasteiger partial charge in [-0.2, -0.15) is 0 Å². The largest absolute Gasteiger partial charge is 0.338 e. The monoisotopic (exact) mass is 269 g/mol. The van der Waals surface area contributed by atoms with Crippen LogP contribution in [-0.2, 0) is 12.8 Å². The van der Waals surface area contributed by atoms with Crippen molar-refractivity contribution in [1.82, 2.24) is 10.5 Å². The number of aryl methyl sites for hydroxylation is 2. The Morgan fingerprint density at radius 1 is 1.05 bits per heavy atom. The third-order valence-electron chi connectivity index (χ3n) is 4.32. The van der Waals surface area contributed by atoms with Gasteiger partial charge in [-0.15, -0.1) is 0 Å². The minimum Gasteiger partial charge on any atom is -0.338 e. The second-order valence-electron chi connectivity index (χ2n) is 5.62. The number of benzene rings is 1. The van der Waals surface area contributed by atoms with Gasteiger partial charge in [-0.1, -0.05) is 17.3 Å². The van der Waals surface area contributed by atoms with Crippen molar-refractivity contribution >= 4 is 5.88 Å². The lowest BCUT2D eigenvalue weighted by Gasteiger charge is -2.25. The van der Waals surface area contributed by atoms with Gasteiger partial charge in [-0.3, -0.25) is 0 Å². The molecule has 0 bridgehead atoms. The first kappa shape index (κ1) is 12.0. The van der Waals surface area contributed by atoms with Crippen molar-refractivity contribution in [1.29, 1.82) is 0 Å². The highest BCUT2D eigenvalue weighted by molar-refractivity contribution is 5.64. The van der Waals surface area contributed by atoms with Crippen LogP contribution in [0.1, 0.15) is 17.5 Å². The first-order chi connectivity index (χ1) is 9.90. The van der Waals surface area contributed by atoms with E-state index in [4.69, 9.17) is 4.52 Å². The van der Waals surface area contributed by atoms with Crippen LogP contribution in [0.15, 0.2) is 28.8 Å². The van der Waals surface area contributed by atoms with Crippen LogP contribution in [-0.4, -0.2) is 31.3 Å². The van der Waals surface area contributed by atoms with Crippen LogP contribution in [0.4, 0.5) is 5.88 Å². The Bertz CT molecular complexity index is 614. The number of nitrogens with one attached hydrogen (secondary N) is 1. The SMILES string of the molecule is c1cc2c(cc1-c1cc(N3CCNCC3)on1)CCC2. The highest BCUT2D eigenvalue weighted by atomic mass is 16.5. The Kier molecular flexibility index (Phi) is 2.96. The molecule has 4 heteroatoms. The number of fused-ring (bicyclic) bond motifs is 1. The third-order valence-corrected chi connectivity index (χ3v) is 4.32. The van der Waals surface area contributed by atoms with E-state index < -0.39 is 0 Å². The van der Waals surface area contributed by atoms with Crippen molar-refractivity contribution in [2.75, 3.05) is 31.1 Å². The smallest absolute Gasteiger partial charge is 0.227 e. The highest BCUT2D eigenvalue weighted by Crippen LogP contribution is 2.29. The van der Waals surface area contributed by atoms with E-state index >= 15 is 0 Å². The molecule has 0 radical (unpaired) electrons. The molecule has 0 unspecified atom stereocenters. The summed E-state index contributed by atoms with van der Waals surface area (Å²) < 4.78 is 5.53. The Labute approximate surface area is 118 Å². The minimum atomic E-state index is 0.891. The quantitative estimate of drug-likeness (QED) is 0.908. The molecule has 0 spiro atoms. The average Bonchev–Trinajstić information content (AvgIpc) is 3.16. The van der Waals surface area contributed by atoms with E-state index in [9.17, 15) is 0 Å². The summed E-state index contributed by atoms with van der Waals surface area (Å²) in [6, 6.07) is 8.77. The number of hydrogen-bond acceptors (Lipinski definition) is 4. The predicted molar refractivity (Wildman–Crippen MR) is 79.0 cm³/mol. The maximum Gasteiger partial charge on any atom is 0.227 e. The molecule has 1 aliphatic heterocycles. The van der Waals surface area contributed by atoms with Crippen molar-refractivity contribution in [3.8, 4) is 11.3 Å². The molecule has 1 fully saturated rings. The number of hydrogen-bond donors (Lipinski definition) is 1. The first-order valence-electron chi connectivity index (χ1n) is 7.45.